The number of aryl methyl sites for hydroxylation is 2. The zero-order valence-electron chi connectivity index (χ0n) is 16.2. The van der Waals surface area contributed by atoms with Crippen LogP contribution < -0.4 is 10.6 Å². The Kier molecular flexibility index (Phi) is 8.20. The van der Waals surface area contributed by atoms with E-state index in [9.17, 15) is 9.59 Å². The first-order valence-corrected chi connectivity index (χ1v) is 10.0. The molecule has 0 atom stereocenters. The van der Waals surface area contributed by atoms with Gasteiger partial charge in [0.15, 0.2) is 0 Å². The number of rotatable bonds is 8. The minimum Gasteiger partial charge on any atom is -0.310 e. The van der Waals surface area contributed by atoms with Crippen molar-refractivity contribution < 1.29 is 9.59 Å². The standard InChI is InChI=1S/C20H24Cl2N4O2/c1-4-17(27)24-19-15(12(3)23-20(26-19)25-18(28)5-2)8-6-7-13-9-10-14(21)11-16(13)22/h9-11H,4-8H2,1-3H3,(H2,23,24,25,26,27,28). The molecule has 2 N–H and O–H groups in total. The third-order valence-corrected chi connectivity index (χ3v) is 4.84. The molecule has 6 nitrogen and oxygen atoms in total. The Hall–Kier alpha value is -2.18. The number of hydrogen-bond donors (Lipinski definition) is 2. The molecular formula is C20H24Cl2N4O2. The molecule has 0 saturated carbocycles. The van der Waals surface area contributed by atoms with Gasteiger partial charge in [0.25, 0.3) is 0 Å². The summed E-state index contributed by atoms with van der Waals surface area (Å²) >= 11 is 12.2. The van der Waals surface area contributed by atoms with E-state index in [-0.39, 0.29) is 17.8 Å². The largest absolute Gasteiger partial charge is 0.310 e. The summed E-state index contributed by atoms with van der Waals surface area (Å²) in [6.07, 6.45) is 2.86. The van der Waals surface area contributed by atoms with Crippen LogP contribution in [-0.2, 0) is 22.4 Å². The van der Waals surface area contributed by atoms with Gasteiger partial charge in [-0.3, -0.25) is 14.9 Å². The highest BCUT2D eigenvalue weighted by Crippen LogP contribution is 2.25. The fourth-order valence-corrected chi connectivity index (χ4v) is 3.17. The van der Waals surface area contributed by atoms with E-state index in [0.717, 1.165) is 29.7 Å². The maximum Gasteiger partial charge on any atom is 0.231 e. The average molecular weight is 423 g/mol. The SMILES string of the molecule is CCC(=O)Nc1nc(C)c(CCCc2ccc(Cl)cc2Cl)c(NC(=O)CC)n1. The van der Waals surface area contributed by atoms with Crippen LogP contribution in [0.15, 0.2) is 18.2 Å². The van der Waals surface area contributed by atoms with Crippen LogP contribution in [0.5, 0.6) is 0 Å². The molecule has 0 fully saturated rings. The van der Waals surface area contributed by atoms with E-state index in [2.05, 4.69) is 20.6 Å². The zero-order chi connectivity index (χ0) is 20.7. The molecule has 1 heterocycles. The van der Waals surface area contributed by atoms with Crippen molar-refractivity contribution in [3.05, 3.63) is 45.1 Å². The first kappa shape index (κ1) is 22.1. The van der Waals surface area contributed by atoms with Crippen molar-refractivity contribution in [3.63, 3.8) is 0 Å². The molecule has 28 heavy (non-hydrogen) atoms. The molecular weight excluding hydrogens is 399 g/mol. The maximum absolute atomic E-state index is 11.9. The molecule has 0 spiro atoms. The van der Waals surface area contributed by atoms with Crippen LogP contribution in [0.1, 0.15) is 49.9 Å². The van der Waals surface area contributed by atoms with Crippen LogP contribution in [0, 0.1) is 6.92 Å². The first-order chi connectivity index (χ1) is 13.3. The van der Waals surface area contributed by atoms with E-state index < -0.39 is 0 Å². The Morgan fingerprint density at radius 2 is 1.68 bits per heavy atom. The highest BCUT2D eigenvalue weighted by atomic mass is 35.5. The molecule has 0 radical (unpaired) electrons. The number of carbonyl (C=O) groups is 2. The number of amides is 2. The van der Waals surface area contributed by atoms with E-state index in [1.54, 1.807) is 19.9 Å². The molecule has 0 aliphatic heterocycles. The number of nitrogens with one attached hydrogen (secondary N) is 2. The van der Waals surface area contributed by atoms with Crippen LogP contribution in [0.3, 0.4) is 0 Å². The maximum atomic E-state index is 11.9. The minimum absolute atomic E-state index is 0.145. The van der Waals surface area contributed by atoms with Crippen molar-refractivity contribution in [1.82, 2.24) is 9.97 Å². The summed E-state index contributed by atoms with van der Waals surface area (Å²) in [5.74, 6) is 0.304. The lowest BCUT2D eigenvalue weighted by molar-refractivity contribution is -0.116. The average Bonchev–Trinajstić information content (AvgIpc) is 2.65. The lowest BCUT2D eigenvalue weighted by Crippen LogP contribution is -2.18. The Morgan fingerprint density at radius 1 is 1.00 bits per heavy atom. The topological polar surface area (TPSA) is 84.0 Å². The number of halogens is 2. The summed E-state index contributed by atoms with van der Waals surface area (Å²) in [7, 11) is 0. The summed E-state index contributed by atoms with van der Waals surface area (Å²) in [5.41, 5.74) is 2.58. The lowest BCUT2D eigenvalue weighted by atomic mass is 10.0. The predicted molar refractivity (Wildman–Crippen MR) is 113 cm³/mol. The van der Waals surface area contributed by atoms with E-state index in [0.29, 0.717) is 35.1 Å². The molecule has 2 aromatic rings. The second kappa shape index (κ2) is 10.4. The van der Waals surface area contributed by atoms with E-state index >= 15 is 0 Å². The third-order valence-electron chi connectivity index (χ3n) is 4.25. The molecule has 8 heteroatoms. The predicted octanol–water partition coefficient (Wildman–Crippen LogP) is 4.96. The molecule has 0 unspecified atom stereocenters. The van der Waals surface area contributed by atoms with Gasteiger partial charge in [0, 0.05) is 34.1 Å². The van der Waals surface area contributed by atoms with Crippen LogP contribution in [-0.4, -0.2) is 21.8 Å². The Bertz CT molecular complexity index is 872. The second-order valence-electron chi connectivity index (χ2n) is 6.35. The highest BCUT2D eigenvalue weighted by molar-refractivity contribution is 6.35. The fourth-order valence-electron chi connectivity index (χ4n) is 2.67. The lowest BCUT2D eigenvalue weighted by Gasteiger charge is -2.14. The molecule has 0 aliphatic carbocycles. The first-order valence-electron chi connectivity index (χ1n) is 9.25. The molecule has 1 aromatic carbocycles. The van der Waals surface area contributed by atoms with Crippen LogP contribution in [0.4, 0.5) is 11.8 Å². The van der Waals surface area contributed by atoms with E-state index in [4.69, 9.17) is 23.2 Å². The van der Waals surface area contributed by atoms with Crippen molar-refractivity contribution in [3.8, 4) is 0 Å². The van der Waals surface area contributed by atoms with Crippen molar-refractivity contribution in [1.29, 1.82) is 0 Å². The molecule has 0 saturated heterocycles. The van der Waals surface area contributed by atoms with Crippen molar-refractivity contribution in [2.45, 2.75) is 52.9 Å². The van der Waals surface area contributed by atoms with E-state index in [1.807, 2.05) is 19.1 Å². The molecule has 1 aromatic heterocycles. The van der Waals surface area contributed by atoms with Gasteiger partial charge in [0.1, 0.15) is 5.82 Å². The van der Waals surface area contributed by atoms with Crippen LogP contribution >= 0.6 is 23.2 Å². The van der Waals surface area contributed by atoms with Gasteiger partial charge in [0.2, 0.25) is 17.8 Å². The van der Waals surface area contributed by atoms with Gasteiger partial charge in [-0.15, -0.1) is 0 Å². The Morgan fingerprint density at radius 3 is 2.32 bits per heavy atom. The number of hydrogen-bond acceptors (Lipinski definition) is 4. The summed E-state index contributed by atoms with van der Waals surface area (Å²) in [5, 5.41) is 6.70. The Labute approximate surface area is 175 Å². The van der Waals surface area contributed by atoms with E-state index in [1.165, 1.54) is 0 Å². The minimum atomic E-state index is -0.183. The fraction of sp³-hybridized carbons (Fsp3) is 0.400. The quantitative estimate of drug-likeness (QED) is 0.628. The zero-order valence-corrected chi connectivity index (χ0v) is 17.7. The van der Waals surface area contributed by atoms with Gasteiger partial charge in [-0.2, -0.15) is 4.98 Å². The van der Waals surface area contributed by atoms with Gasteiger partial charge >= 0.3 is 0 Å². The summed E-state index contributed by atoms with van der Waals surface area (Å²) in [6.45, 7) is 5.36. The monoisotopic (exact) mass is 422 g/mol. The molecule has 150 valence electrons. The van der Waals surface area contributed by atoms with Crippen LogP contribution in [0.25, 0.3) is 0 Å². The van der Waals surface area contributed by atoms with Crippen LogP contribution in [0.2, 0.25) is 10.0 Å². The van der Waals surface area contributed by atoms with Crippen molar-refractivity contribution in [2.24, 2.45) is 0 Å². The smallest absolute Gasteiger partial charge is 0.231 e. The molecule has 0 bridgehead atoms. The van der Waals surface area contributed by atoms with Gasteiger partial charge < -0.3 is 5.32 Å². The summed E-state index contributed by atoms with van der Waals surface area (Å²) in [6, 6.07) is 5.46. The number of benzene rings is 1. The molecule has 2 rings (SSSR count). The van der Waals surface area contributed by atoms with Crippen molar-refractivity contribution in [2.75, 3.05) is 10.6 Å². The van der Waals surface area contributed by atoms with Gasteiger partial charge in [-0.25, -0.2) is 4.98 Å². The second-order valence-corrected chi connectivity index (χ2v) is 7.20. The molecule has 2 amide bonds. The number of nitrogens with zero attached hydrogens (tertiary/aromatic N) is 2. The third kappa shape index (κ3) is 6.17. The summed E-state index contributed by atoms with van der Waals surface area (Å²) in [4.78, 5) is 32.3. The highest BCUT2D eigenvalue weighted by Gasteiger charge is 2.15. The van der Waals surface area contributed by atoms with Crippen molar-refractivity contribution >= 4 is 46.8 Å². The number of carbonyl (C=O) groups excluding carboxylic acids is 2. The summed E-state index contributed by atoms with van der Waals surface area (Å²) < 4.78 is 0. The normalized spacial score (nSPS) is 10.6. The van der Waals surface area contributed by atoms with Gasteiger partial charge in [-0.1, -0.05) is 43.1 Å². The Balaban J connectivity index is 2.20. The van der Waals surface area contributed by atoms with Gasteiger partial charge in [0.05, 0.1) is 0 Å². The van der Waals surface area contributed by atoms with Gasteiger partial charge in [-0.05, 0) is 43.9 Å². The number of anilines is 2. The number of aromatic nitrogens is 2. The molecule has 0 aliphatic rings.